The van der Waals surface area contributed by atoms with E-state index in [1.54, 1.807) is 14.2 Å². The van der Waals surface area contributed by atoms with E-state index in [0.717, 1.165) is 16.9 Å². The van der Waals surface area contributed by atoms with E-state index >= 15 is 0 Å². The van der Waals surface area contributed by atoms with Crippen molar-refractivity contribution in [2.24, 2.45) is 7.05 Å². The minimum absolute atomic E-state index is 0. The zero-order valence-corrected chi connectivity index (χ0v) is 12.6. The quantitative estimate of drug-likeness (QED) is 0.515. The van der Waals surface area contributed by atoms with Crippen LogP contribution >= 0.6 is 0 Å². The third-order valence-corrected chi connectivity index (χ3v) is 2.95. The first kappa shape index (κ1) is 14.0. The van der Waals surface area contributed by atoms with Crippen LogP contribution in [0.25, 0.3) is 10.8 Å². The van der Waals surface area contributed by atoms with E-state index < -0.39 is 0 Å². The first-order valence-electron chi connectivity index (χ1n) is 5.18. The molecule has 1 heterocycles. The van der Waals surface area contributed by atoms with Crippen molar-refractivity contribution in [1.82, 2.24) is 0 Å². The van der Waals surface area contributed by atoms with Crippen LogP contribution in [0, 0.1) is 6.92 Å². The summed E-state index contributed by atoms with van der Waals surface area (Å²) in [5.41, 5.74) is 1.21. The topological polar surface area (TPSA) is 22.3 Å². The molecule has 0 aliphatic carbocycles. The third kappa shape index (κ3) is 2.46. The summed E-state index contributed by atoms with van der Waals surface area (Å²) < 4.78 is 12.7. The maximum absolute atomic E-state index is 5.30. The van der Waals surface area contributed by atoms with E-state index in [0.29, 0.717) is 0 Å². The van der Waals surface area contributed by atoms with Crippen LogP contribution in [0.5, 0.6) is 11.5 Å². The molecule has 0 spiro atoms. The van der Waals surface area contributed by atoms with E-state index in [1.807, 2.05) is 25.4 Å². The van der Waals surface area contributed by atoms with Gasteiger partial charge < -0.3 is 33.5 Å². The molecule has 0 fully saturated rings. The monoisotopic (exact) mass is 345 g/mol. The lowest BCUT2D eigenvalue weighted by Crippen LogP contribution is -3.00. The summed E-state index contributed by atoms with van der Waals surface area (Å²) in [5.74, 6) is 1.53. The smallest absolute Gasteiger partial charge is 0.185 e. The average Bonchev–Trinajstić information content (AvgIpc) is 2.32. The zero-order valence-electron chi connectivity index (χ0n) is 10.5. The molecule has 0 radical (unpaired) electrons. The summed E-state index contributed by atoms with van der Waals surface area (Å²) in [5, 5.41) is 2.34. The molecule has 0 amide bonds. The molecule has 92 valence electrons. The van der Waals surface area contributed by atoms with Crippen LogP contribution in [0.1, 0.15) is 5.69 Å². The van der Waals surface area contributed by atoms with E-state index in [4.69, 9.17) is 9.47 Å². The summed E-state index contributed by atoms with van der Waals surface area (Å²) in [7, 11) is 5.34. The standard InChI is InChI=1S/C13H16NO2.HI/c1-9-11-8-13(16-4)12(15-3)7-10(11)5-6-14(9)2;/h5-8H,1-4H3;1H/q+1;/p-1. The Morgan fingerprint density at radius 2 is 1.65 bits per heavy atom. The molecule has 1 aromatic heterocycles. The molecule has 0 saturated heterocycles. The first-order valence-corrected chi connectivity index (χ1v) is 5.18. The number of nitrogens with zero attached hydrogens (tertiary/aromatic N) is 1. The zero-order chi connectivity index (χ0) is 11.7. The van der Waals surface area contributed by atoms with Crippen molar-refractivity contribution < 1.29 is 38.0 Å². The molecule has 0 atom stereocenters. The minimum Gasteiger partial charge on any atom is -1.00 e. The van der Waals surface area contributed by atoms with E-state index in [9.17, 15) is 0 Å². The fraction of sp³-hybridized carbons (Fsp3) is 0.308. The summed E-state index contributed by atoms with van der Waals surface area (Å²) in [4.78, 5) is 0. The van der Waals surface area contributed by atoms with Crippen molar-refractivity contribution in [3.8, 4) is 11.5 Å². The van der Waals surface area contributed by atoms with Gasteiger partial charge in [0.05, 0.1) is 19.6 Å². The van der Waals surface area contributed by atoms with E-state index in [-0.39, 0.29) is 24.0 Å². The van der Waals surface area contributed by atoms with Crippen LogP contribution in [0.2, 0.25) is 0 Å². The summed E-state index contributed by atoms with van der Waals surface area (Å²) in [6.45, 7) is 2.09. The van der Waals surface area contributed by atoms with Crippen LogP contribution in [-0.2, 0) is 7.05 Å². The highest BCUT2D eigenvalue weighted by Crippen LogP contribution is 2.32. The Hall–Kier alpha value is -1.04. The van der Waals surface area contributed by atoms with Crippen molar-refractivity contribution in [2.45, 2.75) is 6.92 Å². The number of rotatable bonds is 2. The number of hydrogen-bond acceptors (Lipinski definition) is 2. The molecule has 0 N–H and O–H groups in total. The van der Waals surface area contributed by atoms with Crippen molar-refractivity contribution in [3.05, 3.63) is 30.1 Å². The highest BCUT2D eigenvalue weighted by atomic mass is 127. The number of hydrogen-bond donors (Lipinski definition) is 0. The van der Waals surface area contributed by atoms with Crippen molar-refractivity contribution in [1.29, 1.82) is 0 Å². The Bertz CT molecular complexity index is 540. The molecule has 3 nitrogen and oxygen atoms in total. The molecule has 2 rings (SSSR count). The number of halogens is 1. The number of fused-ring (bicyclic) bond motifs is 1. The Labute approximate surface area is 118 Å². The Kier molecular flexibility index (Phi) is 4.56. The van der Waals surface area contributed by atoms with Gasteiger partial charge in [0.1, 0.15) is 7.05 Å². The van der Waals surface area contributed by atoms with Gasteiger partial charge in [-0.1, -0.05) is 0 Å². The lowest BCUT2D eigenvalue weighted by Gasteiger charge is -2.09. The van der Waals surface area contributed by atoms with Crippen molar-refractivity contribution >= 4 is 10.8 Å². The number of methoxy groups -OCH3 is 2. The fourth-order valence-corrected chi connectivity index (χ4v) is 1.84. The Morgan fingerprint density at radius 1 is 1.06 bits per heavy atom. The van der Waals surface area contributed by atoms with Gasteiger partial charge in [-0.2, -0.15) is 0 Å². The first-order chi connectivity index (χ1) is 7.67. The number of ether oxygens (including phenoxy) is 2. The summed E-state index contributed by atoms with van der Waals surface area (Å²) in [6, 6.07) is 6.09. The molecule has 1 aromatic carbocycles. The van der Waals surface area contributed by atoms with E-state index in [2.05, 4.69) is 17.6 Å². The highest BCUT2D eigenvalue weighted by Gasteiger charge is 2.11. The van der Waals surface area contributed by atoms with Crippen LogP contribution in [-0.4, -0.2) is 14.2 Å². The van der Waals surface area contributed by atoms with Crippen LogP contribution in [0.4, 0.5) is 0 Å². The minimum atomic E-state index is 0. The second-order valence-electron chi connectivity index (χ2n) is 3.81. The molecule has 17 heavy (non-hydrogen) atoms. The lowest BCUT2D eigenvalue weighted by atomic mass is 10.1. The molecule has 0 aliphatic rings. The predicted octanol–water partition coefficient (Wildman–Crippen LogP) is -1.01. The molecule has 0 bridgehead atoms. The molecule has 2 aromatic rings. The summed E-state index contributed by atoms with van der Waals surface area (Å²) >= 11 is 0. The van der Waals surface area contributed by atoms with Crippen LogP contribution in [0.15, 0.2) is 24.4 Å². The van der Waals surface area contributed by atoms with Crippen LogP contribution < -0.4 is 38.0 Å². The Morgan fingerprint density at radius 3 is 2.24 bits per heavy atom. The Balaban J connectivity index is 0.00000144. The normalized spacial score (nSPS) is 9.88. The number of pyridine rings is 1. The number of aromatic nitrogens is 1. The molecular weight excluding hydrogens is 329 g/mol. The van der Waals surface area contributed by atoms with E-state index in [1.165, 1.54) is 11.1 Å². The lowest BCUT2D eigenvalue weighted by molar-refractivity contribution is -0.676. The molecule has 0 unspecified atom stereocenters. The maximum atomic E-state index is 5.30. The molecule has 4 heteroatoms. The van der Waals surface area contributed by atoms with Gasteiger partial charge in [0.25, 0.3) is 0 Å². The van der Waals surface area contributed by atoms with Crippen LogP contribution in [0.3, 0.4) is 0 Å². The third-order valence-electron chi connectivity index (χ3n) is 2.95. The average molecular weight is 345 g/mol. The number of aryl methyl sites for hydroxylation is 2. The number of benzene rings is 1. The molecular formula is C13H16INO2. The summed E-state index contributed by atoms with van der Waals surface area (Å²) in [6.07, 6.45) is 2.05. The predicted molar refractivity (Wildman–Crippen MR) is 63.0 cm³/mol. The van der Waals surface area contributed by atoms with Gasteiger partial charge in [-0.3, -0.25) is 0 Å². The van der Waals surface area contributed by atoms with Gasteiger partial charge in [0.2, 0.25) is 0 Å². The molecule has 0 saturated carbocycles. The fourth-order valence-electron chi connectivity index (χ4n) is 1.84. The van der Waals surface area contributed by atoms with Gasteiger partial charge >= 0.3 is 0 Å². The maximum Gasteiger partial charge on any atom is 0.185 e. The van der Waals surface area contributed by atoms with Gasteiger partial charge in [-0.25, -0.2) is 4.57 Å². The second-order valence-corrected chi connectivity index (χ2v) is 3.81. The van der Waals surface area contributed by atoms with Gasteiger partial charge in [0.15, 0.2) is 23.4 Å². The SMILES string of the molecule is COc1cc2cc[n+](C)c(C)c2cc1OC.[I-]. The van der Waals surface area contributed by atoms with Gasteiger partial charge in [-0.05, 0) is 17.5 Å². The van der Waals surface area contributed by atoms with Gasteiger partial charge in [-0.15, -0.1) is 0 Å². The van der Waals surface area contributed by atoms with Crippen molar-refractivity contribution in [2.75, 3.05) is 14.2 Å². The second kappa shape index (κ2) is 5.53. The van der Waals surface area contributed by atoms with Crippen molar-refractivity contribution in [3.63, 3.8) is 0 Å². The highest BCUT2D eigenvalue weighted by molar-refractivity contribution is 5.86. The molecule has 0 aliphatic heterocycles. The largest absolute Gasteiger partial charge is 1.00 e. The van der Waals surface area contributed by atoms with Gasteiger partial charge in [0, 0.05) is 13.0 Å².